The first-order chi connectivity index (χ1) is 12.0. The molecule has 0 saturated carbocycles. The van der Waals surface area contributed by atoms with Crippen molar-refractivity contribution >= 4 is 44.5 Å². The van der Waals surface area contributed by atoms with Crippen LogP contribution in [-0.2, 0) is 10.9 Å². The molecule has 3 aromatic heterocycles. The van der Waals surface area contributed by atoms with Crippen LogP contribution in [0, 0.1) is 0 Å². The zero-order chi connectivity index (χ0) is 19.3. The summed E-state index contributed by atoms with van der Waals surface area (Å²) in [5.74, 6) is -0.760. The van der Waals surface area contributed by atoms with Crippen molar-refractivity contribution in [2.75, 3.05) is 5.73 Å². The van der Waals surface area contributed by atoms with Crippen LogP contribution in [0.25, 0.3) is 20.8 Å². The lowest BCUT2D eigenvalue weighted by atomic mass is 10.1. The predicted molar refractivity (Wildman–Crippen MR) is 97.5 cm³/mol. The summed E-state index contributed by atoms with van der Waals surface area (Å²) in [6.07, 6.45) is -4.63. The third kappa shape index (κ3) is 3.54. The second-order valence-electron chi connectivity index (χ2n) is 6.56. The number of halogens is 3. The van der Waals surface area contributed by atoms with Gasteiger partial charge in [-0.15, -0.1) is 22.7 Å². The zero-order valence-electron chi connectivity index (χ0n) is 14.1. The highest BCUT2D eigenvalue weighted by atomic mass is 32.1. The molecule has 0 spiro atoms. The number of nitrogens with zero attached hydrogens (tertiary/aromatic N) is 1. The van der Waals surface area contributed by atoms with E-state index in [-0.39, 0.29) is 26.5 Å². The van der Waals surface area contributed by atoms with E-state index in [0.29, 0.717) is 4.88 Å². The Hall–Kier alpha value is -2.13. The normalized spacial score (nSPS) is 12.5. The number of rotatable bonds is 2. The van der Waals surface area contributed by atoms with E-state index in [2.05, 4.69) is 4.98 Å². The molecule has 3 heterocycles. The molecule has 4 nitrogen and oxygen atoms in total. The summed E-state index contributed by atoms with van der Waals surface area (Å²) >= 11 is 2.09. The minimum Gasteiger partial charge on any atom is -0.456 e. The van der Waals surface area contributed by atoms with Gasteiger partial charge in [0.15, 0.2) is 0 Å². The second kappa shape index (κ2) is 6.24. The van der Waals surface area contributed by atoms with Crippen LogP contribution in [0.15, 0.2) is 23.6 Å². The third-order valence-corrected chi connectivity index (χ3v) is 5.33. The van der Waals surface area contributed by atoms with Gasteiger partial charge in [0.05, 0.1) is 21.8 Å². The van der Waals surface area contributed by atoms with E-state index in [9.17, 15) is 18.0 Å². The summed E-state index contributed by atoms with van der Waals surface area (Å²) < 4.78 is 46.1. The molecule has 0 aliphatic heterocycles. The van der Waals surface area contributed by atoms with Crippen LogP contribution in [0.3, 0.4) is 0 Å². The second-order valence-corrected chi connectivity index (χ2v) is 8.50. The van der Waals surface area contributed by atoms with Crippen LogP contribution >= 0.6 is 22.7 Å². The number of carbonyl (C=O) groups is 1. The van der Waals surface area contributed by atoms with Gasteiger partial charge < -0.3 is 10.5 Å². The Morgan fingerprint density at radius 1 is 1.27 bits per heavy atom. The van der Waals surface area contributed by atoms with Crippen molar-refractivity contribution in [3.63, 3.8) is 0 Å². The van der Waals surface area contributed by atoms with Gasteiger partial charge in [-0.2, -0.15) is 13.2 Å². The summed E-state index contributed by atoms with van der Waals surface area (Å²) in [4.78, 5) is 17.2. The molecule has 3 rings (SSSR count). The average molecular weight is 400 g/mol. The lowest BCUT2D eigenvalue weighted by Gasteiger charge is -2.19. The van der Waals surface area contributed by atoms with E-state index in [1.807, 2.05) is 0 Å². The molecule has 0 aliphatic carbocycles. The highest BCUT2D eigenvalue weighted by molar-refractivity contribution is 7.21. The number of alkyl halides is 3. The Morgan fingerprint density at radius 3 is 2.50 bits per heavy atom. The molecular formula is C17H15F3N2O2S2. The standard InChI is InChI=1S/C17H15F3N2O2S2/c1-16(2,3)24-15(23)13-12(21)11-8(17(18,19)20)7-9(22-14(11)26-13)10-5-4-6-25-10/h4-7H,21H2,1-3H3. The van der Waals surface area contributed by atoms with Gasteiger partial charge in [-0.05, 0) is 38.3 Å². The molecule has 0 bridgehead atoms. The maximum Gasteiger partial charge on any atom is 0.417 e. The summed E-state index contributed by atoms with van der Waals surface area (Å²) in [6, 6.07) is 4.38. The first-order valence-corrected chi connectivity index (χ1v) is 9.24. The van der Waals surface area contributed by atoms with Gasteiger partial charge in [0.1, 0.15) is 15.3 Å². The van der Waals surface area contributed by atoms with E-state index < -0.39 is 23.3 Å². The Labute approximate surface area is 155 Å². The van der Waals surface area contributed by atoms with E-state index in [1.165, 1.54) is 11.3 Å². The Balaban J connectivity index is 2.24. The number of hydrogen-bond acceptors (Lipinski definition) is 6. The van der Waals surface area contributed by atoms with Gasteiger partial charge in [0.25, 0.3) is 0 Å². The van der Waals surface area contributed by atoms with Crippen molar-refractivity contribution in [3.8, 4) is 10.6 Å². The monoisotopic (exact) mass is 400 g/mol. The molecule has 138 valence electrons. The number of pyridine rings is 1. The molecule has 26 heavy (non-hydrogen) atoms. The lowest BCUT2D eigenvalue weighted by Crippen LogP contribution is -2.23. The highest BCUT2D eigenvalue weighted by Gasteiger charge is 2.37. The van der Waals surface area contributed by atoms with E-state index in [0.717, 1.165) is 17.4 Å². The van der Waals surface area contributed by atoms with Crippen LogP contribution in [0.1, 0.15) is 36.0 Å². The third-order valence-electron chi connectivity index (χ3n) is 3.36. The summed E-state index contributed by atoms with van der Waals surface area (Å²) in [7, 11) is 0. The Bertz CT molecular complexity index is 971. The smallest absolute Gasteiger partial charge is 0.417 e. The lowest BCUT2D eigenvalue weighted by molar-refractivity contribution is -0.136. The minimum absolute atomic E-state index is 0.0570. The number of ether oxygens (including phenoxy) is 1. The quantitative estimate of drug-likeness (QED) is 0.570. The number of nitrogen functional groups attached to an aromatic ring is 1. The number of carbonyl (C=O) groups excluding carboxylic acids is 1. The molecule has 0 amide bonds. The van der Waals surface area contributed by atoms with Crippen LogP contribution < -0.4 is 5.73 Å². The zero-order valence-corrected chi connectivity index (χ0v) is 15.7. The molecule has 0 saturated heterocycles. The van der Waals surface area contributed by atoms with Crippen molar-refractivity contribution < 1.29 is 22.7 Å². The van der Waals surface area contributed by atoms with E-state index in [4.69, 9.17) is 10.5 Å². The van der Waals surface area contributed by atoms with Gasteiger partial charge in [-0.1, -0.05) is 6.07 Å². The molecule has 3 aromatic rings. The summed E-state index contributed by atoms with van der Waals surface area (Å²) in [6.45, 7) is 5.01. The van der Waals surface area contributed by atoms with Crippen molar-refractivity contribution in [2.45, 2.75) is 32.5 Å². The van der Waals surface area contributed by atoms with Crippen LogP contribution in [0.5, 0.6) is 0 Å². The van der Waals surface area contributed by atoms with Gasteiger partial charge in [-0.25, -0.2) is 9.78 Å². The SMILES string of the molecule is CC(C)(C)OC(=O)c1sc2nc(-c3cccs3)cc(C(F)(F)F)c2c1N. The molecule has 2 N–H and O–H groups in total. The number of nitrogens with two attached hydrogens (primary N) is 1. The molecule has 0 unspecified atom stereocenters. The molecule has 0 aromatic carbocycles. The molecule has 0 atom stereocenters. The number of hydrogen-bond donors (Lipinski definition) is 1. The largest absolute Gasteiger partial charge is 0.456 e. The number of fused-ring (bicyclic) bond motifs is 1. The van der Waals surface area contributed by atoms with Gasteiger partial charge >= 0.3 is 12.1 Å². The number of thiophene rings is 2. The minimum atomic E-state index is -4.63. The molecule has 0 aliphatic rings. The summed E-state index contributed by atoms with van der Waals surface area (Å²) in [5, 5.41) is 1.49. The molecule has 0 radical (unpaired) electrons. The first-order valence-electron chi connectivity index (χ1n) is 7.55. The number of esters is 1. The van der Waals surface area contributed by atoms with Crippen LogP contribution in [-0.4, -0.2) is 16.6 Å². The molecule has 0 fully saturated rings. The van der Waals surface area contributed by atoms with Gasteiger partial charge in [0.2, 0.25) is 0 Å². The number of aromatic nitrogens is 1. The predicted octanol–water partition coefficient (Wildman–Crippen LogP) is 5.58. The number of anilines is 1. The first kappa shape index (κ1) is 18.7. The Morgan fingerprint density at radius 2 is 1.96 bits per heavy atom. The molecular weight excluding hydrogens is 385 g/mol. The van der Waals surface area contributed by atoms with Crippen molar-refractivity contribution in [3.05, 3.63) is 34.0 Å². The van der Waals surface area contributed by atoms with Crippen molar-refractivity contribution in [2.24, 2.45) is 0 Å². The van der Waals surface area contributed by atoms with Crippen molar-refractivity contribution in [1.29, 1.82) is 0 Å². The maximum atomic E-state index is 13.6. The topological polar surface area (TPSA) is 65.2 Å². The van der Waals surface area contributed by atoms with E-state index in [1.54, 1.807) is 38.3 Å². The fraction of sp³-hybridized carbons (Fsp3) is 0.294. The maximum absolute atomic E-state index is 13.6. The van der Waals surface area contributed by atoms with Crippen LogP contribution in [0.4, 0.5) is 18.9 Å². The fourth-order valence-electron chi connectivity index (χ4n) is 2.37. The highest BCUT2D eigenvalue weighted by Crippen LogP contribution is 2.44. The summed E-state index contributed by atoms with van der Waals surface area (Å²) in [5.41, 5.74) is 4.14. The van der Waals surface area contributed by atoms with E-state index >= 15 is 0 Å². The van der Waals surface area contributed by atoms with Crippen LogP contribution in [0.2, 0.25) is 0 Å². The average Bonchev–Trinajstić information content (AvgIpc) is 3.12. The van der Waals surface area contributed by atoms with Crippen molar-refractivity contribution in [1.82, 2.24) is 4.98 Å². The van der Waals surface area contributed by atoms with Gasteiger partial charge in [0, 0.05) is 5.39 Å². The molecule has 9 heteroatoms. The van der Waals surface area contributed by atoms with Gasteiger partial charge in [-0.3, -0.25) is 0 Å². The Kier molecular flexibility index (Phi) is 4.48. The fourth-order valence-corrected chi connectivity index (χ4v) is 4.05.